The van der Waals surface area contributed by atoms with Crippen molar-refractivity contribution < 1.29 is 14.6 Å². The summed E-state index contributed by atoms with van der Waals surface area (Å²) in [5.74, 6) is 1.35. The molecule has 0 amide bonds. The number of halogens is 1. The third-order valence-corrected chi connectivity index (χ3v) is 6.20. The van der Waals surface area contributed by atoms with Gasteiger partial charge in [0, 0.05) is 30.7 Å². The van der Waals surface area contributed by atoms with Crippen LogP contribution in [-0.4, -0.2) is 47.5 Å². The lowest BCUT2D eigenvalue weighted by Gasteiger charge is -2.42. The molecule has 2 heterocycles. The fraction of sp³-hybridized carbons (Fsp3) is 0.364. The number of piperazine rings is 1. The first-order chi connectivity index (χ1) is 13.9. The average Bonchev–Trinajstić information content (AvgIpc) is 2.89. The number of carbonyl (C=O) groups is 1. The molecule has 0 aliphatic carbocycles. The highest BCUT2D eigenvalue weighted by atomic mass is 35.5. The van der Waals surface area contributed by atoms with E-state index in [1.54, 1.807) is 19.1 Å². The summed E-state index contributed by atoms with van der Waals surface area (Å²) in [6.45, 7) is 5.66. The third-order valence-electron chi connectivity index (χ3n) is 5.96. The maximum absolute atomic E-state index is 12.0. The summed E-state index contributed by atoms with van der Waals surface area (Å²) in [7, 11) is 0. The van der Waals surface area contributed by atoms with E-state index in [0.717, 1.165) is 23.7 Å². The molecule has 1 saturated heterocycles. The molecule has 2 unspecified atom stereocenters. The van der Waals surface area contributed by atoms with Crippen molar-refractivity contribution in [3.63, 3.8) is 0 Å². The van der Waals surface area contributed by atoms with Crippen LogP contribution in [-0.2, 0) is 4.79 Å². The Balaban J connectivity index is 1.77. The monoisotopic (exact) mass is 413 g/mol. The van der Waals surface area contributed by atoms with Gasteiger partial charge in [-0.05, 0) is 43.7 Å². The number of aliphatic imine (C=N–C) groups is 1. The number of ether oxygens (including phenoxy) is 1. The van der Waals surface area contributed by atoms with Crippen LogP contribution in [0.1, 0.15) is 25.8 Å². The van der Waals surface area contributed by atoms with E-state index in [4.69, 9.17) is 21.3 Å². The lowest BCUT2D eigenvalue weighted by molar-refractivity contribution is -0.150. The Morgan fingerprint density at radius 1 is 1.34 bits per heavy atom. The van der Waals surface area contributed by atoms with Crippen molar-refractivity contribution in [2.45, 2.75) is 26.3 Å². The predicted molar refractivity (Wildman–Crippen MR) is 114 cm³/mol. The number of carboxylic acid groups (broad SMARTS) is 1. The number of hydrogen-bond donors (Lipinski definition) is 2. The van der Waals surface area contributed by atoms with E-state index in [2.05, 4.69) is 10.2 Å². The minimum atomic E-state index is -0.860. The molecule has 2 aliphatic rings. The molecule has 0 spiro atoms. The molecule has 1 fully saturated rings. The molecule has 0 bridgehead atoms. The second kappa shape index (κ2) is 7.69. The van der Waals surface area contributed by atoms with E-state index in [9.17, 15) is 9.90 Å². The van der Waals surface area contributed by atoms with Crippen molar-refractivity contribution in [3.8, 4) is 11.5 Å². The van der Waals surface area contributed by atoms with Gasteiger partial charge in [0.1, 0.15) is 17.3 Å². The van der Waals surface area contributed by atoms with Crippen LogP contribution in [0.3, 0.4) is 0 Å². The highest BCUT2D eigenvalue weighted by Crippen LogP contribution is 2.40. The molecule has 29 heavy (non-hydrogen) atoms. The summed E-state index contributed by atoms with van der Waals surface area (Å²) in [6.07, 6.45) is 0.540. The molecule has 152 valence electrons. The maximum Gasteiger partial charge on any atom is 0.310 e. The maximum atomic E-state index is 12.0. The number of para-hydroxylation sites is 1. The molecular weight excluding hydrogens is 390 g/mol. The second-order valence-corrected chi connectivity index (χ2v) is 8.11. The summed E-state index contributed by atoms with van der Waals surface area (Å²) in [5, 5.41) is 13.8. The van der Waals surface area contributed by atoms with Crippen molar-refractivity contribution in [2.24, 2.45) is 10.4 Å². The van der Waals surface area contributed by atoms with E-state index in [0.29, 0.717) is 36.0 Å². The Bertz CT molecular complexity index is 978. The first kappa shape index (κ1) is 19.7. The van der Waals surface area contributed by atoms with Gasteiger partial charge in [0.15, 0.2) is 5.75 Å². The molecule has 2 aromatic carbocycles. The lowest BCUT2D eigenvalue weighted by atomic mass is 9.78. The number of rotatable bonds is 3. The van der Waals surface area contributed by atoms with Crippen LogP contribution in [0.2, 0.25) is 5.02 Å². The smallest absolute Gasteiger partial charge is 0.310 e. The number of benzene rings is 2. The van der Waals surface area contributed by atoms with Crippen LogP contribution in [0.15, 0.2) is 47.5 Å². The minimum absolute atomic E-state index is 0.198. The first-order valence-electron chi connectivity index (χ1n) is 9.79. The van der Waals surface area contributed by atoms with Gasteiger partial charge in [-0.1, -0.05) is 30.7 Å². The van der Waals surface area contributed by atoms with E-state index >= 15 is 0 Å². The predicted octanol–water partition coefficient (Wildman–Crippen LogP) is 4.30. The molecule has 6 nitrogen and oxygen atoms in total. The topological polar surface area (TPSA) is 74.2 Å². The van der Waals surface area contributed by atoms with Gasteiger partial charge >= 0.3 is 5.97 Å². The van der Waals surface area contributed by atoms with Crippen LogP contribution in [0.25, 0.3) is 0 Å². The van der Waals surface area contributed by atoms with Gasteiger partial charge in [-0.25, -0.2) is 4.99 Å². The second-order valence-electron chi connectivity index (χ2n) is 7.67. The van der Waals surface area contributed by atoms with Crippen LogP contribution in [0.4, 0.5) is 5.69 Å². The molecular formula is C22H24ClN3O3. The number of nitrogens with one attached hydrogen (secondary N) is 1. The zero-order chi connectivity index (χ0) is 20.6. The highest BCUT2D eigenvalue weighted by molar-refractivity contribution is 6.31. The summed E-state index contributed by atoms with van der Waals surface area (Å²) >= 11 is 6.20. The van der Waals surface area contributed by atoms with Crippen molar-refractivity contribution in [1.82, 2.24) is 10.2 Å². The van der Waals surface area contributed by atoms with Gasteiger partial charge in [0.25, 0.3) is 0 Å². The van der Waals surface area contributed by atoms with Crippen LogP contribution in [0, 0.1) is 5.41 Å². The van der Waals surface area contributed by atoms with Crippen LogP contribution < -0.4 is 10.1 Å². The number of nitrogens with zero attached hydrogens (tertiary/aromatic N) is 2. The molecule has 2 atom stereocenters. The largest absolute Gasteiger partial charge is 0.481 e. The number of hydrogen-bond acceptors (Lipinski definition) is 5. The molecule has 0 saturated carbocycles. The number of carboxylic acids is 1. The quantitative estimate of drug-likeness (QED) is 0.784. The zero-order valence-corrected chi connectivity index (χ0v) is 17.2. The SMILES string of the molecule is CCC(C)(C(=O)O)C1CN(C2=Nc3cc(Cl)ccc3Oc3ccccc32)CCN1. The van der Waals surface area contributed by atoms with Gasteiger partial charge in [0.05, 0.1) is 11.0 Å². The Kier molecular flexibility index (Phi) is 5.23. The lowest BCUT2D eigenvalue weighted by Crippen LogP contribution is -2.60. The first-order valence-corrected chi connectivity index (χ1v) is 10.2. The molecule has 0 aromatic heterocycles. The summed E-state index contributed by atoms with van der Waals surface area (Å²) < 4.78 is 6.12. The summed E-state index contributed by atoms with van der Waals surface area (Å²) in [6, 6.07) is 13.0. The van der Waals surface area contributed by atoms with E-state index in [1.807, 2.05) is 37.3 Å². The molecule has 7 heteroatoms. The fourth-order valence-electron chi connectivity index (χ4n) is 3.85. The number of fused-ring (bicyclic) bond motifs is 2. The summed E-state index contributed by atoms with van der Waals surface area (Å²) in [4.78, 5) is 19.0. The third kappa shape index (κ3) is 3.58. The van der Waals surface area contributed by atoms with E-state index in [1.165, 1.54) is 0 Å². The normalized spacial score (nSPS) is 20.4. The Hall–Kier alpha value is -2.57. The minimum Gasteiger partial charge on any atom is -0.481 e. The van der Waals surface area contributed by atoms with Gasteiger partial charge < -0.3 is 20.1 Å². The Labute approximate surface area is 175 Å². The van der Waals surface area contributed by atoms with Gasteiger partial charge in [-0.15, -0.1) is 0 Å². The molecule has 4 rings (SSSR count). The zero-order valence-electron chi connectivity index (χ0n) is 16.5. The van der Waals surface area contributed by atoms with Crippen molar-refractivity contribution in [1.29, 1.82) is 0 Å². The van der Waals surface area contributed by atoms with Crippen molar-refractivity contribution in [2.75, 3.05) is 19.6 Å². The Morgan fingerprint density at radius 3 is 2.90 bits per heavy atom. The van der Waals surface area contributed by atoms with Crippen molar-refractivity contribution >= 4 is 29.1 Å². The van der Waals surface area contributed by atoms with E-state index in [-0.39, 0.29) is 6.04 Å². The Morgan fingerprint density at radius 2 is 2.14 bits per heavy atom. The van der Waals surface area contributed by atoms with Gasteiger partial charge in [0.2, 0.25) is 0 Å². The summed E-state index contributed by atoms with van der Waals surface area (Å²) in [5.41, 5.74) is 0.686. The van der Waals surface area contributed by atoms with Gasteiger partial charge in [-0.2, -0.15) is 0 Å². The molecule has 2 N–H and O–H groups in total. The number of amidine groups is 1. The molecule has 0 radical (unpaired) electrons. The van der Waals surface area contributed by atoms with Crippen LogP contribution >= 0.6 is 11.6 Å². The average molecular weight is 414 g/mol. The van der Waals surface area contributed by atoms with Crippen molar-refractivity contribution in [3.05, 3.63) is 53.1 Å². The van der Waals surface area contributed by atoms with Gasteiger partial charge in [-0.3, -0.25) is 4.79 Å². The van der Waals surface area contributed by atoms with Crippen LogP contribution in [0.5, 0.6) is 11.5 Å². The fourth-order valence-corrected chi connectivity index (χ4v) is 4.02. The standard InChI is InChI=1S/C22H24ClN3O3/c1-3-22(2,21(27)28)19-13-26(11-10-24-19)20-15-6-4-5-7-17(15)29-18-9-8-14(23)12-16(18)25-20/h4-9,12,19,24H,3,10-11,13H2,1-2H3,(H,27,28). The van der Waals surface area contributed by atoms with E-state index < -0.39 is 11.4 Å². The molecule has 2 aromatic rings. The highest BCUT2D eigenvalue weighted by Gasteiger charge is 2.42. The molecule has 2 aliphatic heterocycles. The number of aliphatic carboxylic acids is 1.